The standard InChI is InChI=1S/C21H25N5O2/c1-21(2,3)28-20(27)22-18(19-23-25-26(4)24-19)14-15-10-12-17(13-11-15)16-8-6-5-7-9-16/h5-13,18H,14H2,1-4H3,(H,22,27)/t18-/m0/s1. The fraction of sp³-hybridized carbons (Fsp3) is 0.333. The third-order valence-electron chi connectivity index (χ3n) is 4.03. The second-order valence-corrected chi connectivity index (χ2v) is 7.60. The summed E-state index contributed by atoms with van der Waals surface area (Å²) in [7, 11) is 1.69. The van der Waals surface area contributed by atoms with Gasteiger partial charge in [-0.25, -0.2) is 4.79 Å². The molecule has 0 saturated heterocycles. The van der Waals surface area contributed by atoms with Gasteiger partial charge in [0.1, 0.15) is 11.6 Å². The molecule has 1 atom stereocenters. The summed E-state index contributed by atoms with van der Waals surface area (Å²) in [4.78, 5) is 13.6. The summed E-state index contributed by atoms with van der Waals surface area (Å²) in [6.45, 7) is 5.47. The number of benzene rings is 2. The number of amides is 1. The number of nitrogens with one attached hydrogen (secondary N) is 1. The van der Waals surface area contributed by atoms with E-state index in [2.05, 4.69) is 45.0 Å². The molecule has 1 N–H and O–H groups in total. The molecular formula is C21H25N5O2. The summed E-state index contributed by atoms with van der Waals surface area (Å²) in [6, 6.07) is 18.0. The summed E-state index contributed by atoms with van der Waals surface area (Å²) in [5.41, 5.74) is 2.77. The lowest BCUT2D eigenvalue weighted by Gasteiger charge is -2.22. The molecule has 0 spiro atoms. The van der Waals surface area contributed by atoms with E-state index in [1.54, 1.807) is 7.05 Å². The van der Waals surface area contributed by atoms with Crippen LogP contribution in [-0.4, -0.2) is 31.9 Å². The first kappa shape index (κ1) is 19.5. The number of carbonyl (C=O) groups excluding carboxylic acids is 1. The van der Waals surface area contributed by atoms with Crippen molar-refractivity contribution in [2.45, 2.75) is 38.8 Å². The molecule has 0 fully saturated rings. The van der Waals surface area contributed by atoms with Crippen molar-refractivity contribution in [3.63, 3.8) is 0 Å². The molecular weight excluding hydrogens is 354 g/mol. The minimum Gasteiger partial charge on any atom is -0.444 e. The predicted octanol–water partition coefficient (Wildman–Crippen LogP) is 3.69. The Morgan fingerprint density at radius 1 is 1.07 bits per heavy atom. The van der Waals surface area contributed by atoms with Crippen LogP contribution in [-0.2, 0) is 18.2 Å². The van der Waals surface area contributed by atoms with E-state index < -0.39 is 17.7 Å². The van der Waals surface area contributed by atoms with Gasteiger partial charge in [-0.15, -0.1) is 10.2 Å². The summed E-state index contributed by atoms with van der Waals surface area (Å²) < 4.78 is 5.38. The number of hydrogen-bond acceptors (Lipinski definition) is 5. The van der Waals surface area contributed by atoms with Gasteiger partial charge in [-0.05, 0) is 42.7 Å². The number of alkyl carbamates (subject to hydrolysis) is 1. The highest BCUT2D eigenvalue weighted by Crippen LogP contribution is 2.22. The molecule has 7 heteroatoms. The van der Waals surface area contributed by atoms with Gasteiger partial charge in [0.2, 0.25) is 0 Å². The molecule has 0 bridgehead atoms. The van der Waals surface area contributed by atoms with E-state index in [1.807, 2.05) is 51.1 Å². The van der Waals surface area contributed by atoms with Gasteiger partial charge in [0.15, 0.2) is 5.82 Å². The van der Waals surface area contributed by atoms with Gasteiger partial charge in [-0.2, -0.15) is 4.80 Å². The van der Waals surface area contributed by atoms with Crippen LogP contribution in [0.4, 0.5) is 4.79 Å². The normalized spacial score (nSPS) is 12.4. The zero-order valence-electron chi connectivity index (χ0n) is 16.6. The lowest BCUT2D eigenvalue weighted by molar-refractivity contribution is 0.0501. The first-order valence-corrected chi connectivity index (χ1v) is 9.18. The molecule has 0 aliphatic heterocycles. The third-order valence-corrected chi connectivity index (χ3v) is 4.03. The van der Waals surface area contributed by atoms with Crippen LogP contribution in [0.1, 0.15) is 38.2 Å². The number of ether oxygens (including phenoxy) is 1. The molecule has 1 amide bonds. The van der Waals surface area contributed by atoms with E-state index in [-0.39, 0.29) is 0 Å². The number of carbonyl (C=O) groups is 1. The molecule has 3 aromatic rings. The zero-order valence-corrected chi connectivity index (χ0v) is 16.6. The molecule has 3 rings (SSSR count). The van der Waals surface area contributed by atoms with Gasteiger partial charge < -0.3 is 10.1 Å². The van der Waals surface area contributed by atoms with Gasteiger partial charge in [0.05, 0.1) is 7.05 Å². The molecule has 1 heterocycles. The number of aryl methyl sites for hydroxylation is 1. The van der Waals surface area contributed by atoms with E-state index in [4.69, 9.17) is 4.74 Å². The quantitative estimate of drug-likeness (QED) is 0.731. The van der Waals surface area contributed by atoms with E-state index in [1.165, 1.54) is 4.80 Å². The summed E-state index contributed by atoms with van der Waals surface area (Å²) in [5.74, 6) is 0.445. The summed E-state index contributed by atoms with van der Waals surface area (Å²) in [6.07, 6.45) is 0.0193. The van der Waals surface area contributed by atoms with Crippen molar-refractivity contribution in [1.82, 2.24) is 25.5 Å². The van der Waals surface area contributed by atoms with E-state index >= 15 is 0 Å². The number of aromatic nitrogens is 4. The topological polar surface area (TPSA) is 81.9 Å². The lowest BCUT2D eigenvalue weighted by atomic mass is 10.0. The molecule has 1 aromatic heterocycles. The first-order valence-electron chi connectivity index (χ1n) is 9.18. The molecule has 0 aliphatic rings. The van der Waals surface area contributed by atoms with E-state index in [0.717, 1.165) is 16.7 Å². The monoisotopic (exact) mass is 379 g/mol. The average molecular weight is 379 g/mol. The maximum atomic E-state index is 12.3. The van der Waals surface area contributed by atoms with Crippen LogP contribution in [0.15, 0.2) is 54.6 Å². The largest absolute Gasteiger partial charge is 0.444 e. The summed E-state index contributed by atoms with van der Waals surface area (Å²) >= 11 is 0. The molecule has 7 nitrogen and oxygen atoms in total. The van der Waals surface area contributed by atoms with Crippen molar-refractivity contribution >= 4 is 6.09 Å². The molecule has 146 valence electrons. The highest BCUT2D eigenvalue weighted by Gasteiger charge is 2.24. The minimum atomic E-state index is -0.582. The van der Waals surface area contributed by atoms with Gasteiger partial charge >= 0.3 is 6.09 Å². The highest BCUT2D eigenvalue weighted by atomic mass is 16.6. The van der Waals surface area contributed by atoms with Crippen molar-refractivity contribution in [1.29, 1.82) is 0 Å². The Balaban J connectivity index is 1.76. The molecule has 28 heavy (non-hydrogen) atoms. The Morgan fingerprint density at radius 3 is 2.29 bits per heavy atom. The van der Waals surface area contributed by atoms with Crippen LogP contribution < -0.4 is 5.32 Å². The Morgan fingerprint density at radius 2 is 1.71 bits per heavy atom. The van der Waals surface area contributed by atoms with Crippen molar-refractivity contribution < 1.29 is 9.53 Å². The summed E-state index contributed by atoms with van der Waals surface area (Å²) in [5, 5.41) is 15.0. The van der Waals surface area contributed by atoms with Gasteiger partial charge in [-0.3, -0.25) is 0 Å². The maximum absolute atomic E-state index is 12.3. The SMILES string of the molecule is Cn1nnc([C@H](Cc2ccc(-c3ccccc3)cc2)NC(=O)OC(C)(C)C)n1. The highest BCUT2D eigenvalue weighted by molar-refractivity contribution is 5.68. The fourth-order valence-electron chi connectivity index (χ4n) is 2.79. The van der Waals surface area contributed by atoms with E-state index in [0.29, 0.717) is 12.2 Å². The predicted molar refractivity (Wildman–Crippen MR) is 106 cm³/mol. The molecule has 0 radical (unpaired) electrons. The molecule has 2 aromatic carbocycles. The number of tetrazole rings is 1. The van der Waals surface area contributed by atoms with Crippen molar-refractivity contribution in [3.05, 3.63) is 66.0 Å². The molecule has 0 unspecified atom stereocenters. The minimum absolute atomic E-state index is 0.439. The zero-order chi connectivity index (χ0) is 20.1. The Bertz CT molecular complexity index is 914. The van der Waals surface area contributed by atoms with Crippen LogP contribution in [0.3, 0.4) is 0 Å². The molecule has 0 saturated carbocycles. The van der Waals surface area contributed by atoms with Crippen molar-refractivity contribution in [2.75, 3.05) is 0 Å². The molecule has 0 aliphatic carbocycles. The van der Waals surface area contributed by atoms with Gasteiger partial charge in [0.25, 0.3) is 0 Å². The number of rotatable bonds is 5. The van der Waals surface area contributed by atoms with Crippen LogP contribution in [0.5, 0.6) is 0 Å². The third kappa shape index (κ3) is 5.39. The Kier molecular flexibility index (Phi) is 5.73. The maximum Gasteiger partial charge on any atom is 0.408 e. The van der Waals surface area contributed by atoms with Gasteiger partial charge in [0, 0.05) is 6.42 Å². The van der Waals surface area contributed by atoms with Gasteiger partial charge in [-0.1, -0.05) is 54.6 Å². The van der Waals surface area contributed by atoms with Crippen LogP contribution >= 0.6 is 0 Å². The fourth-order valence-corrected chi connectivity index (χ4v) is 2.79. The van der Waals surface area contributed by atoms with E-state index in [9.17, 15) is 4.79 Å². The van der Waals surface area contributed by atoms with Crippen molar-refractivity contribution in [2.24, 2.45) is 7.05 Å². The second kappa shape index (κ2) is 8.21. The van der Waals surface area contributed by atoms with Crippen LogP contribution in [0.2, 0.25) is 0 Å². The van der Waals surface area contributed by atoms with Crippen molar-refractivity contribution in [3.8, 4) is 11.1 Å². The smallest absolute Gasteiger partial charge is 0.408 e. The number of nitrogens with zero attached hydrogens (tertiary/aromatic N) is 4. The van der Waals surface area contributed by atoms with Crippen LogP contribution in [0.25, 0.3) is 11.1 Å². The first-order chi connectivity index (χ1) is 13.3. The second-order valence-electron chi connectivity index (χ2n) is 7.60. The average Bonchev–Trinajstić information content (AvgIpc) is 3.07. The van der Waals surface area contributed by atoms with Crippen LogP contribution in [0, 0.1) is 0 Å². The lowest BCUT2D eigenvalue weighted by Crippen LogP contribution is -2.36. The Hall–Kier alpha value is -3.22. The Labute approximate surface area is 164 Å². The number of hydrogen-bond donors (Lipinski definition) is 1.